The van der Waals surface area contributed by atoms with E-state index < -0.39 is 0 Å². The smallest absolute Gasteiger partial charge is 0.243 e. The van der Waals surface area contributed by atoms with Gasteiger partial charge in [0.25, 0.3) is 0 Å². The van der Waals surface area contributed by atoms with Gasteiger partial charge in [-0.3, -0.25) is 9.59 Å². The molecule has 0 aliphatic rings. The van der Waals surface area contributed by atoms with Gasteiger partial charge in [0, 0.05) is 12.2 Å². The van der Waals surface area contributed by atoms with Gasteiger partial charge in [-0.1, -0.05) is 45.0 Å². The zero-order valence-corrected chi connectivity index (χ0v) is 13.1. The second-order valence-electron chi connectivity index (χ2n) is 5.96. The molecule has 5 heteroatoms. The molecule has 0 saturated carbocycles. The Labute approximate surface area is 131 Å². The normalized spacial score (nSPS) is 11.0. The van der Waals surface area contributed by atoms with Crippen molar-refractivity contribution in [3.63, 3.8) is 0 Å². The van der Waals surface area contributed by atoms with Crippen molar-refractivity contribution in [2.75, 3.05) is 5.32 Å². The van der Waals surface area contributed by atoms with E-state index in [0.717, 1.165) is 5.56 Å². The summed E-state index contributed by atoms with van der Waals surface area (Å²) >= 11 is 0. The van der Waals surface area contributed by atoms with Gasteiger partial charge in [0.05, 0.1) is 6.07 Å². The third-order valence-electron chi connectivity index (χ3n) is 2.72. The molecule has 0 aromatic heterocycles. The molecule has 2 N–H and O–H groups in total. The first-order valence-electron chi connectivity index (χ1n) is 7.03. The summed E-state index contributed by atoms with van der Waals surface area (Å²) in [4.78, 5) is 23.3. The molecular weight excluding hydrogens is 278 g/mol. The van der Waals surface area contributed by atoms with Gasteiger partial charge in [-0.25, -0.2) is 0 Å². The fraction of sp³-hybridized carbons (Fsp3) is 0.353. The van der Waals surface area contributed by atoms with Crippen molar-refractivity contribution in [1.82, 2.24) is 5.32 Å². The van der Waals surface area contributed by atoms with Crippen LogP contribution in [0.25, 0.3) is 0 Å². The lowest BCUT2D eigenvalue weighted by molar-refractivity contribution is -0.117. The van der Waals surface area contributed by atoms with Crippen molar-refractivity contribution >= 4 is 17.5 Å². The maximum atomic E-state index is 11.8. The van der Waals surface area contributed by atoms with Gasteiger partial charge in [0.15, 0.2) is 0 Å². The zero-order chi connectivity index (χ0) is 16.6. The van der Waals surface area contributed by atoms with Crippen LogP contribution in [0.4, 0.5) is 5.69 Å². The minimum atomic E-state index is -0.367. The molecule has 0 heterocycles. The van der Waals surface area contributed by atoms with E-state index in [1.165, 1.54) is 6.08 Å². The average Bonchev–Trinajstić information content (AvgIpc) is 2.43. The van der Waals surface area contributed by atoms with Crippen LogP contribution in [0, 0.1) is 16.7 Å². The Kier molecular flexibility index (Phi) is 6.33. The van der Waals surface area contributed by atoms with Crippen LogP contribution in [0.1, 0.15) is 32.8 Å². The highest BCUT2D eigenvalue weighted by molar-refractivity contribution is 5.93. The summed E-state index contributed by atoms with van der Waals surface area (Å²) in [7, 11) is 0. The standard InChI is InChI=1S/C17H21N3O2/c1-17(2,3)10-8-15(21)19-12-13-6-4-5-7-14(13)20-16(22)9-11-18/h4-8,10H,9,12H2,1-3H3,(H,19,21)(H,20,22)/b10-8+. The van der Waals surface area contributed by atoms with Crippen molar-refractivity contribution in [2.24, 2.45) is 5.41 Å². The number of anilines is 1. The van der Waals surface area contributed by atoms with Gasteiger partial charge in [0.1, 0.15) is 6.42 Å². The number of nitriles is 1. The Morgan fingerprint density at radius 3 is 2.59 bits per heavy atom. The van der Waals surface area contributed by atoms with Gasteiger partial charge in [0.2, 0.25) is 11.8 Å². The van der Waals surface area contributed by atoms with E-state index in [0.29, 0.717) is 12.2 Å². The summed E-state index contributed by atoms with van der Waals surface area (Å²) in [5, 5.41) is 13.9. The molecule has 0 spiro atoms. The lowest BCUT2D eigenvalue weighted by Gasteiger charge is -2.12. The minimum Gasteiger partial charge on any atom is -0.348 e. The maximum absolute atomic E-state index is 11.8. The average molecular weight is 299 g/mol. The summed E-state index contributed by atoms with van der Waals surface area (Å²) < 4.78 is 0. The molecule has 22 heavy (non-hydrogen) atoms. The van der Waals surface area contributed by atoms with Gasteiger partial charge >= 0.3 is 0 Å². The van der Waals surface area contributed by atoms with Crippen LogP contribution in [0.2, 0.25) is 0 Å². The fourth-order valence-electron chi connectivity index (χ4n) is 1.63. The number of carbonyl (C=O) groups is 2. The Morgan fingerprint density at radius 2 is 1.95 bits per heavy atom. The molecule has 5 nitrogen and oxygen atoms in total. The molecule has 0 saturated heterocycles. The molecule has 1 aromatic carbocycles. The van der Waals surface area contributed by atoms with Crippen LogP contribution in [-0.4, -0.2) is 11.8 Å². The highest BCUT2D eigenvalue weighted by Gasteiger charge is 2.08. The third-order valence-corrected chi connectivity index (χ3v) is 2.72. The number of allylic oxidation sites excluding steroid dienone is 1. The van der Waals surface area contributed by atoms with Crippen LogP contribution in [0.5, 0.6) is 0 Å². The predicted octanol–water partition coefficient (Wildman–Crippen LogP) is 2.76. The third kappa shape index (κ3) is 6.71. The molecule has 0 atom stereocenters. The van der Waals surface area contributed by atoms with Crippen molar-refractivity contribution < 1.29 is 9.59 Å². The Balaban J connectivity index is 2.67. The monoisotopic (exact) mass is 299 g/mol. The van der Waals surface area contributed by atoms with E-state index in [9.17, 15) is 9.59 Å². The molecule has 1 rings (SSSR count). The van der Waals surface area contributed by atoms with E-state index in [-0.39, 0.29) is 23.7 Å². The summed E-state index contributed by atoms with van der Waals surface area (Å²) in [5.74, 6) is -0.554. The maximum Gasteiger partial charge on any atom is 0.243 e. The summed E-state index contributed by atoms with van der Waals surface area (Å²) in [5.41, 5.74) is 1.33. The number of hydrogen-bond acceptors (Lipinski definition) is 3. The fourth-order valence-corrected chi connectivity index (χ4v) is 1.63. The van der Waals surface area contributed by atoms with Crippen molar-refractivity contribution in [1.29, 1.82) is 5.26 Å². The number of carbonyl (C=O) groups excluding carboxylic acids is 2. The highest BCUT2D eigenvalue weighted by atomic mass is 16.2. The number of para-hydroxylation sites is 1. The SMILES string of the molecule is CC(C)(C)/C=C/C(=O)NCc1ccccc1NC(=O)CC#N. The number of rotatable bonds is 5. The second-order valence-corrected chi connectivity index (χ2v) is 5.96. The Morgan fingerprint density at radius 1 is 1.27 bits per heavy atom. The number of nitrogens with zero attached hydrogens (tertiary/aromatic N) is 1. The Bertz CT molecular complexity index is 607. The van der Waals surface area contributed by atoms with Gasteiger partial charge in [-0.05, 0) is 23.1 Å². The van der Waals surface area contributed by atoms with Crippen molar-refractivity contribution in [3.05, 3.63) is 42.0 Å². The Hall–Kier alpha value is -2.61. The molecule has 0 unspecified atom stereocenters. The van der Waals surface area contributed by atoms with Crippen LogP contribution in [-0.2, 0) is 16.1 Å². The van der Waals surface area contributed by atoms with Gasteiger partial charge in [-0.2, -0.15) is 5.26 Å². The van der Waals surface area contributed by atoms with Crippen LogP contribution < -0.4 is 10.6 Å². The lowest BCUT2D eigenvalue weighted by Crippen LogP contribution is -2.22. The number of nitrogens with one attached hydrogen (secondary N) is 2. The quantitative estimate of drug-likeness (QED) is 0.820. The first kappa shape index (κ1) is 17.4. The first-order valence-corrected chi connectivity index (χ1v) is 7.03. The first-order chi connectivity index (χ1) is 10.3. The van der Waals surface area contributed by atoms with E-state index in [4.69, 9.17) is 5.26 Å². The molecule has 0 aliphatic heterocycles. The van der Waals surface area contributed by atoms with E-state index >= 15 is 0 Å². The van der Waals surface area contributed by atoms with Crippen molar-refractivity contribution in [2.45, 2.75) is 33.7 Å². The number of amides is 2. The second kappa shape index (κ2) is 7.99. The number of benzene rings is 1. The predicted molar refractivity (Wildman–Crippen MR) is 85.7 cm³/mol. The molecule has 116 valence electrons. The van der Waals surface area contributed by atoms with Crippen molar-refractivity contribution in [3.8, 4) is 6.07 Å². The number of hydrogen-bond donors (Lipinski definition) is 2. The molecule has 1 aromatic rings. The largest absolute Gasteiger partial charge is 0.348 e. The van der Waals surface area contributed by atoms with Crippen LogP contribution >= 0.6 is 0 Å². The summed E-state index contributed by atoms with van der Waals surface area (Å²) in [6.07, 6.45) is 3.15. The van der Waals surface area contributed by atoms with Crippen LogP contribution in [0.3, 0.4) is 0 Å². The minimum absolute atomic E-state index is 0.0550. The van der Waals surface area contributed by atoms with E-state index in [1.807, 2.05) is 39.0 Å². The molecule has 0 radical (unpaired) electrons. The van der Waals surface area contributed by atoms with Crippen LogP contribution in [0.15, 0.2) is 36.4 Å². The topological polar surface area (TPSA) is 82.0 Å². The molecule has 0 aliphatic carbocycles. The van der Waals surface area contributed by atoms with Gasteiger partial charge in [-0.15, -0.1) is 0 Å². The van der Waals surface area contributed by atoms with E-state index in [1.54, 1.807) is 18.2 Å². The summed E-state index contributed by atoms with van der Waals surface area (Å²) in [6, 6.07) is 8.96. The molecular formula is C17H21N3O2. The summed E-state index contributed by atoms with van der Waals surface area (Å²) in [6.45, 7) is 6.33. The van der Waals surface area contributed by atoms with Gasteiger partial charge < -0.3 is 10.6 Å². The van der Waals surface area contributed by atoms with E-state index in [2.05, 4.69) is 10.6 Å². The lowest BCUT2D eigenvalue weighted by atomic mass is 9.96. The highest BCUT2D eigenvalue weighted by Crippen LogP contribution is 2.16. The molecule has 2 amide bonds. The molecule has 0 fully saturated rings. The molecule has 0 bridgehead atoms. The zero-order valence-electron chi connectivity index (χ0n) is 13.1.